The van der Waals surface area contributed by atoms with Gasteiger partial charge in [-0.15, -0.1) is 0 Å². The molecule has 6 heteroatoms. The van der Waals surface area contributed by atoms with Crippen LogP contribution >= 0.6 is 0 Å². The monoisotopic (exact) mass is 252 g/mol. The summed E-state index contributed by atoms with van der Waals surface area (Å²) >= 11 is 0. The molecule has 1 aliphatic heterocycles. The van der Waals surface area contributed by atoms with Gasteiger partial charge in [-0.1, -0.05) is 0 Å². The van der Waals surface area contributed by atoms with E-state index in [1.807, 2.05) is 0 Å². The van der Waals surface area contributed by atoms with Crippen LogP contribution < -0.4 is 15.4 Å². The van der Waals surface area contributed by atoms with Gasteiger partial charge in [0.15, 0.2) is 6.61 Å². The number of carbonyl (C=O) groups is 1. The Morgan fingerprint density at radius 1 is 1.44 bits per heavy atom. The molecule has 0 fully saturated rings. The smallest absolute Gasteiger partial charge is 0.265 e. The fourth-order valence-corrected chi connectivity index (χ4v) is 1.79. The van der Waals surface area contributed by atoms with Crippen molar-refractivity contribution in [2.24, 2.45) is 0 Å². The standard InChI is InChI=1S/C12H16N2O4/c13-9-1-2-11-10(7-9)14(12(16)8-18-11)3-5-17-6-4-15/h1-2,7,15H,3-6,8,13H2. The first kappa shape index (κ1) is 12.7. The third-order valence-corrected chi connectivity index (χ3v) is 2.62. The molecule has 0 spiro atoms. The zero-order valence-electron chi connectivity index (χ0n) is 9.96. The summed E-state index contributed by atoms with van der Waals surface area (Å²) in [6.45, 7) is 1.04. The van der Waals surface area contributed by atoms with E-state index in [1.54, 1.807) is 23.1 Å². The van der Waals surface area contributed by atoms with Crippen molar-refractivity contribution in [1.29, 1.82) is 0 Å². The van der Waals surface area contributed by atoms with Crippen LogP contribution in [0.5, 0.6) is 5.75 Å². The minimum Gasteiger partial charge on any atom is -0.482 e. The number of nitrogen functional groups attached to an aromatic ring is 1. The molecule has 18 heavy (non-hydrogen) atoms. The predicted molar refractivity (Wildman–Crippen MR) is 66.6 cm³/mol. The molecule has 0 bridgehead atoms. The number of ether oxygens (including phenoxy) is 2. The van der Waals surface area contributed by atoms with Crippen LogP contribution in [0.4, 0.5) is 11.4 Å². The second-order valence-corrected chi connectivity index (χ2v) is 3.90. The summed E-state index contributed by atoms with van der Waals surface area (Å²) < 4.78 is 10.5. The Morgan fingerprint density at radius 2 is 2.28 bits per heavy atom. The van der Waals surface area contributed by atoms with Crippen molar-refractivity contribution in [3.05, 3.63) is 18.2 Å². The summed E-state index contributed by atoms with van der Waals surface area (Å²) in [6.07, 6.45) is 0. The first-order valence-electron chi connectivity index (χ1n) is 5.73. The number of hydrogen-bond acceptors (Lipinski definition) is 5. The SMILES string of the molecule is Nc1ccc2c(c1)N(CCOCCO)C(=O)CO2. The molecule has 0 radical (unpaired) electrons. The number of amides is 1. The lowest BCUT2D eigenvalue weighted by atomic mass is 10.2. The minimum atomic E-state index is -0.124. The van der Waals surface area contributed by atoms with Crippen LogP contribution in [0.15, 0.2) is 18.2 Å². The average molecular weight is 252 g/mol. The number of aliphatic hydroxyl groups excluding tert-OH is 1. The number of anilines is 2. The number of rotatable bonds is 5. The highest BCUT2D eigenvalue weighted by Crippen LogP contribution is 2.33. The fraction of sp³-hybridized carbons (Fsp3) is 0.417. The zero-order valence-corrected chi connectivity index (χ0v) is 9.96. The van der Waals surface area contributed by atoms with Crippen LogP contribution in [-0.4, -0.2) is 44.0 Å². The van der Waals surface area contributed by atoms with Gasteiger partial charge >= 0.3 is 0 Å². The maximum absolute atomic E-state index is 11.8. The highest BCUT2D eigenvalue weighted by atomic mass is 16.5. The normalized spacial score (nSPS) is 14.3. The number of hydrogen-bond donors (Lipinski definition) is 2. The Bertz CT molecular complexity index is 436. The van der Waals surface area contributed by atoms with Crippen molar-refractivity contribution >= 4 is 17.3 Å². The van der Waals surface area contributed by atoms with E-state index in [-0.39, 0.29) is 25.7 Å². The van der Waals surface area contributed by atoms with Gasteiger partial charge in [-0.05, 0) is 18.2 Å². The van der Waals surface area contributed by atoms with Crippen LogP contribution in [0.2, 0.25) is 0 Å². The Balaban J connectivity index is 2.09. The largest absolute Gasteiger partial charge is 0.482 e. The number of nitrogens with zero attached hydrogens (tertiary/aromatic N) is 1. The van der Waals surface area contributed by atoms with Gasteiger partial charge in [-0.25, -0.2) is 0 Å². The van der Waals surface area contributed by atoms with Gasteiger partial charge in [0, 0.05) is 12.2 Å². The van der Waals surface area contributed by atoms with E-state index in [1.165, 1.54) is 0 Å². The number of carbonyl (C=O) groups excluding carboxylic acids is 1. The Labute approximate surface area is 105 Å². The van der Waals surface area contributed by atoms with Crippen molar-refractivity contribution in [2.45, 2.75) is 0 Å². The van der Waals surface area contributed by atoms with E-state index in [0.29, 0.717) is 30.3 Å². The molecule has 0 aliphatic carbocycles. The Kier molecular flexibility index (Phi) is 4.01. The quantitative estimate of drug-likeness (QED) is 0.569. The van der Waals surface area contributed by atoms with Crippen molar-refractivity contribution in [1.82, 2.24) is 0 Å². The molecule has 98 valence electrons. The minimum absolute atomic E-state index is 0.0247. The van der Waals surface area contributed by atoms with Crippen molar-refractivity contribution in [2.75, 3.05) is 43.6 Å². The molecule has 2 rings (SSSR count). The molecular formula is C12H16N2O4. The highest BCUT2D eigenvalue weighted by molar-refractivity contribution is 5.98. The molecule has 0 saturated heterocycles. The molecule has 0 unspecified atom stereocenters. The molecule has 0 saturated carbocycles. The second-order valence-electron chi connectivity index (χ2n) is 3.90. The number of benzene rings is 1. The van der Waals surface area contributed by atoms with E-state index < -0.39 is 0 Å². The maximum Gasteiger partial charge on any atom is 0.265 e. The summed E-state index contributed by atoms with van der Waals surface area (Å²) in [6, 6.07) is 5.19. The van der Waals surface area contributed by atoms with Crippen LogP contribution in [0.25, 0.3) is 0 Å². The van der Waals surface area contributed by atoms with Crippen LogP contribution in [0.3, 0.4) is 0 Å². The summed E-state index contributed by atoms with van der Waals surface area (Å²) in [5.41, 5.74) is 6.95. The van der Waals surface area contributed by atoms with Crippen LogP contribution in [0.1, 0.15) is 0 Å². The maximum atomic E-state index is 11.8. The van der Waals surface area contributed by atoms with E-state index in [9.17, 15) is 4.79 Å². The predicted octanol–water partition coefficient (Wildman–Crippen LogP) is 0.00310. The summed E-state index contributed by atoms with van der Waals surface area (Å²) in [7, 11) is 0. The first-order valence-corrected chi connectivity index (χ1v) is 5.73. The van der Waals surface area contributed by atoms with Crippen molar-refractivity contribution in [3.8, 4) is 5.75 Å². The molecular weight excluding hydrogens is 236 g/mol. The third kappa shape index (κ3) is 2.72. The van der Waals surface area contributed by atoms with Gasteiger partial charge in [-0.3, -0.25) is 4.79 Å². The van der Waals surface area contributed by atoms with Crippen molar-refractivity contribution in [3.63, 3.8) is 0 Å². The number of aliphatic hydroxyl groups is 1. The number of nitrogens with two attached hydrogens (primary N) is 1. The molecule has 0 atom stereocenters. The summed E-state index contributed by atoms with van der Waals surface area (Å²) in [5, 5.41) is 8.61. The number of fused-ring (bicyclic) bond motifs is 1. The molecule has 1 amide bonds. The third-order valence-electron chi connectivity index (χ3n) is 2.62. The van der Waals surface area contributed by atoms with Gasteiger partial charge in [0.05, 0.1) is 25.5 Å². The topological polar surface area (TPSA) is 85.0 Å². The fourth-order valence-electron chi connectivity index (χ4n) is 1.79. The zero-order chi connectivity index (χ0) is 13.0. The van der Waals surface area contributed by atoms with Gasteiger partial charge in [0.25, 0.3) is 5.91 Å². The van der Waals surface area contributed by atoms with Gasteiger partial charge < -0.3 is 25.2 Å². The van der Waals surface area contributed by atoms with E-state index >= 15 is 0 Å². The molecule has 6 nitrogen and oxygen atoms in total. The second kappa shape index (κ2) is 5.70. The van der Waals surface area contributed by atoms with Crippen molar-refractivity contribution < 1.29 is 19.4 Å². The van der Waals surface area contributed by atoms with Crippen LogP contribution in [-0.2, 0) is 9.53 Å². The lowest BCUT2D eigenvalue weighted by Gasteiger charge is -2.29. The van der Waals surface area contributed by atoms with E-state index in [2.05, 4.69) is 0 Å². The molecule has 1 aromatic carbocycles. The lowest BCUT2D eigenvalue weighted by Crippen LogP contribution is -2.40. The molecule has 3 N–H and O–H groups in total. The molecule has 1 aliphatic rings. The first-order chi connectivity index (χ1) is 8.72. The van der Waals surface area contributed by atoms with Crippen LogP contribution in [0, 0.1) is 0 Å². The average Bonchev–Trinajstić information content (AvgIpc) is 2.36. The van der Waals surface area contributed by atoms with E-state index in [4.69, 9.17) is 20.3 Å². The van der Waals surface area contributed by atoms with Gasteiger partial charge in [-0.2, -0.15) is 0 Å². The van der Waals surface area contributed by atoms with Gasteiger partial charge in [0.1, 0.15) is 5.75 Å². The molecule has 0 aromatic heterocycles. The molecule has 1 heterocycles. The summed E-state index contributed by atoms with van der Waals surface area (Å²) in [5.74, 6) is 0.520. The Hall–Kier alpha value is -1.79. The van der Waals surface area contributed by atoms with E-state index in [0.717, 1.165) is 0 Å². The summed E-state index contributed by atoms with van der Waals surface area (Å²) in [4.78, 5) is 13.4. The highest BCUT2D eigenvalue weighted by Gasteiger charge is 2.25. The Morgan fingerprint density at radius 3 is 3.06 bits per heavy atom. The van der Waals surface area contributed by atoms with Gasteiger partial charge in [0.2, 0.25) is 0 Å². The molecule has 1 aromatic rings. The lowest BCUT2D eigenvalue weighted by molar-refractivity contribution is -0.121.